The number of hydrogen-bond acceptors (Lipinski definition) is 2. The number of amides is 1. The van der Waals surface area contributed by atoms with Crippen molar-refractivity contribution in [3.63, 3.8) is 0 Å². The number of benzene rings is 1. The zero-order valence-electron chi connectivity index (χ0n) is 10.5. The van der Waals surface area contributed by atoms with Crippen molar-refractivity contribution in [2.75, 3.05) is 19.6 Å². The lowest BCUT2D eigenvalue weighted by Crippen LogP contribution is -2.46. The van der Waals surface area contributed by atoms with Gasteiger partial charge in [-0.1, -0.05) is 0 Å². The Bertz CT molecular complexity index is 508. The molecule has 0 aromatic heterocycles. The minimum Gasteiger partial charge on any atom is -0.338 e. The maximum atomic E-state index is 13.2. The van der Waals surface area contributed by atoms with Crippen molar-refractivity contribution in [3.05, 3.63) is 34.1 Å². The summed E-state index contributed by atoms with van der Waals surface area (Å²) in [6.07, 6.45) is 2.15. The molecule has 2 aliphatic heterocycles. The third kappa shape index (κ3) is 2.54. The highest BCUT2D eigenvalue weighted by atomic mass is 79.9. The first-order chi connectivity index (χ1) is 9.15. The molecule has 0 aliphatic carbocycles. The van der Waals surface area contributed by atoms with Gasteiger partial charge in [-0.3, -0.25) is 4.79 Å². The minimum absolute atomic E-state index is 0.00560. The van der Waals surface area contributed by atoms with E-state index in [9.17, 15) is 9.18 Å². The second-order valence-corrected chi connectivity index (χ2v) is 6.13. The molecule has 2 fully saturated rings. The van der Waals surface area contributed by atoms with Crippen molar-refractivity contribution in [1.29, 1.82) is 0 Å². The molecule has 1 aromatic carbocycles. The standard InChI is InChI=1S/C14H16BrFN2O/c15-11-7-9(1-2-12(11)16)14(19)18-6-4-13-10(8-18)3-5-17-13/h1-2,7,10,13,17H,3-6,8H2. The number of nitrogens with one attached hydrogen (secondary N) is 1. The molecule has 2 heterocycles. The van der Waals surface area contributed by atoms with Crippen LogP contribution in [0, 0.1) is 11.7 Å². The van der Waals surface area contributed by atoms with E-state index in [4.69, 9.17) is 0 Å². The van der Waals surface area contributed by atoms with E-state index in [0.29, 0.717) is 22.0 Å². The van der Waals surface area contributed by atoms with Gasteiger partial charge in [-0.15, -0.1) is 0 Å². The number of likely N-dealkylation sites (tertiary alicyclic amines) is 1. The molecule has 1 N–H and O–H groups in total. The number of hydrogen-bond donors (Lipinski definition) is 1. The second kappa shape index (κ2) is 5.21. The predicted molar refractivity (Wildman–Crippen MR) is 74.5 cm³/mol. The number of nitrogens with zero attached hydrogens (tertiary/aromatic N) is 1. The maximum absolute atomic E-state index is 13.2. The van der Waals surface area contributed by atoms with Crippen LogP contribution < -0.4 is 5.32 Å². The number of fused-ring (bicyclic) bond motifs is 1. The molecule has 0 spiro atoms. The van der Waals surface area contributed by atoms with Gasteiger partial charge < -0.3 is 10.2 Å². The van der Waals surface area contributed by atoms with Crippen molar-refractivity contribution in [3.8, 4) is 0 Å². The van der Waals surface area contributed by atoms with Crippen LogP contribution in [-0.2, 0) is 0 Å². The van der Waals surface area contributed by atoms with Crippen LogP contribution in [0.2, 0.25) is 0 Å². The summed E-state index contributed by atoms with van der Waals surface area (Å²) < 4.78 is 13.5. The normalized spacial score (nSPS) is 26.3. The first-order valence-electron chi connectivity index (χ1n) is 6.63. The van der Waals surface area contributed by atoms with Crippen LogP contribution in [-0.4, -0.2) is 36.5 Å². The van der Waals surface area contributed by atoms with Gasteiger partial charge in [-0.25, -0.2) is 4.39 Å². The topological polar surface area (TPSA) is 32.3 Å². The quantitative estimate of drug-likeness (QED) is 0.859. The molecule has 1 aromatic rings. The van der Waals surface area contributed by atoms with Crippen LogP contribution in [0.15, 0.2) is 22.7 Å². The molecule has 5 heteroatoms. The van der Waals surface area contributed by atoms with E-state index in [2.05, 4.69) is 21.2 Å². The Morgan fingerprint density at radius 2 is 2.26 bits per heavy atom. The lowest BCUT2D eigenvalue weighted by atomic mass is 9.93. The van der Waals surface area contributed by atoms with Gasteiger partial charge in [0.1, 0.15) is 5.82 Å². The molecule has 3 rings (SSSR count). The first-order valence-corrected chi connectivity index (χ1v) is 7.42. The van der Waals surface area contributed by atoms with Gasteiger partial charge in [-0.05, 0) is 59.4 Å². The summed E-state index contributed by atoms with van der Waals surface area (Å²) in [6.45, 7) is 2.65. The summed E-state index contributed by atoms with van der Waals surface area (Å²) >= 11 is 3.13. The molecule has 2 atom stereocenters. The summed E-state index contributed by atoms with van der Waals surface area (Å²) in [5.41, 5.74) is 0.553. The monoisotopic (exact) mass is 326 g/mol. The summed E-state index contributed by atoms with van der Waals surface area (Å²) in [7, 11) is 0. The average Bonchev–Trinajstić information content (AvgIpc) is 2.88. The van der Waals surface area contributed by atoms with E-state index in [-0.39, 0.29) is 11.7 Å². The molecule has 2 saturated heterocycles. The van der Waals surface area contributed by atoms with Gasteiger partial charge in [-0.2, -0.15) is 0 Å². The Morgan fingerprint density at radius 1 is 1.42 bits per heavy atom. The number of rotatable bonds is 1. The summed E-state index contributed by atoms with van der Waals surface area (Å²) in [6, 6.07) is 5.03. The van der Waals surface area contributed by atoms with Crippen molar-refractivity contribution in [2.24, 2.45) is 5.92 Å². The zero-order chi connectivity index (χ0) is 13.4. The molecule has 0 radical (unpaired) electrons. The van der Waals surface area contributed by atoms with E-state index in [0.717, 1.165) is 32.5 Å². The van der Waals surface area contributed by atoms with Gasteiger partial charge in [0, 0.05) is 24.7 Å². The number of carbonyl (C=O) groups is 1. The smallest absolute Gasteiger partial charge is 0.253 e. The van der Waals surface area contributed by atoms with E-state index < -0.39 is 0 Å². The summed E-state index contributed by atoms with van der Waals surface area (Å²) in [5.74, 6) is 0.239. The van der Waals surface area contributed by atoms with E-state index in [1.54, 1.807) is 12.1 Å². The lowest BCUT2D eigenvalue weighted by Gasteiger charge is -2.35. The zero-order valence-corrected chi connectivity index (χ0v) is 12.1. The Hall–Kier alpha value is -0.940. The molecule has 0 bridgehead atoms. The SMILES string of the molecule is O=C(c1ccc(F)c(Br)c1)N1CCC2NCCC2C1. The molecule has 102 valence electrons. The Balaban J connectivity index is 1.74. The molecule has 19 heavy (non-hydrogen) atoms. The number of halogens is 2. The van der Waals surface area contributed by atoms with Crippen LogP contribution >= 0.6 is 15.9 Å². The highest BCUT2D eigenvalue weighted by molar-refractivity contribution is 9.10. The van der Waals surface area contributed by atoms with Crippen LogP contribution in [0.4, 0.5) is 4.39 Å². The van der Waals surface area contributed by atoms with Gasteiger partial charge in [0.2, 0.25) is 0 Å². The highest BCUT2D eigenvalue weighted by Crippen LogP contribution is 2.26. The van der Waals surface area contributed by atoms with Crippen molar-refractivity contribution < 1.29 is 9.18 Å². The fourth-order valence-electron chi connectivity index (χ4n) is 3.04. The average molecular weight is 327 g/mol. The fourth-order valence-corrected chi connectivity index (χ4v) is 3.42. The molecule has 2 unspecified atom stereocenters. The third-order valence-corrected chi connectivity index (χ3v) is 4.72. The van der Waals surface area contributed by atoms with Crippen LogP contribution in [0.1, 0.15) is 23.2 Å². The van der Waals surface area contributed by atoms with E-state index >= 15 is 0 Å². The van der Waals surface area contributed by atoms with Gasteiger partial charge >= 0.3 is 0 Å². The fraction of sp³-hybridized carbons (Fsp3) is 0.500. The Kier molecular flexibility index (Phi) is 3.58. The van der Waals surface area contributed by atoms with Crippen molar-refractivity contribution >= 4 is 21.8 Å². The first kappa shape index (κ1) is 13.1. The summed E-state index contributed by atoms with van der Waals surface area (Å²) in [5, 5.41) is 3.48. The maximum Gasteiger partial charge on any atom is 0.253 e. The Labute approximate surface area is 120 Å². The summed E-state index contributed by atoms with van der Waals surface area (Å²) in [4.78, 5) is 14.3. The van der Waals surface area contributed by atoms with Crippen molar-refractivity contribution in [2.45, 2.75) is 18.9 Å². The number of carbonyl (C=O) groups excluding carboxylic acids is 1. The third-order valence-electron chi connectivity index (χ3n) is 4.11. The molecular formula is C14H16BrFN2O. The van der Waals surface area contributed by atoms with Crippen LogP contribution in [0.5, 0.6) is 0 Å². The molecular weight excluding hydrogens is 311 g/mol. The van der Waals surface area contributed by atoms with Gasteiger partial charge in [0.15, 0.2) is 0 Å². The molecule has 2 aliphatic rings. The predicted octanol–water partition coefficient (Wildman–Crippen LogP) is 2.41. The Morgan fingerprint density at radius 3 is 3.05 bits per heavy atom. The van der Waals surface area contributed by atoms with E-state index in [1.807, 2.05) is 4.90 Å². The van der Waals surface area contributed by atoms with Gasteiger partial charge in [0.05, 0.1) is 4.47 Å². The number of piperidine rings is 1. The second-order valence-electron chi connectivity index (χ2n) is 5.28. The van der Waals surface area contributed by atoms with Crippen LogP contribution in [0.3, 0.4) is 0 Å². The molecule has 1 amide bonds. The van der Waals surface area contributed by atoms with Crippen LogP contribution in [0.25, 0.3) is 0 Å². The minimum atomic E-state index is -0.338. The molecule has 3 nitrogen and oxygen atoms in total. The largest absolute Gasteiger partial charge is 0.338 e. The van der Waals surface area contributed by atoms with Gasteiger partial charge in [0.25, 0.3) is 5.91 Å². The molecule has 0 saturated carbocycles. The lowest BCUT2D eigenvalue weighted by molar-refractivity contribution is 0.0662. The van der Waals surface area contributed by atoms with Crippen molar-refractivity contribution in [1.82, 2.24) is 10.2 Å². The highest BCUT2D eigenvalue weighted by Gasteiger charge is 2.34. The van der Waals surface area contributed by atoms with E-state index in [1.165, 1.54) is 6.07 Å².